The molecule has 1 aliphatic heterocycles. The molecule has 4 heterocycles. The first-order chi connectivity index (χ1) is 14.1. The van der Waals surface area contributed by atoms with Crippen molar-refractivity contribution in [3.8, 4) is 6.07 Å². The van der Waals surface area contributed by atoms with Gasteiger partial charge in [0.15, 0.2) is 5.13 Å². The summed E-state index contributed by atoms with van der Waals surface area (Å²) in [5.41, 5.74) is 2.75. The van der Waals surface area contributed by atoms with Crippen LogP contribution in [0.5, 0.6) is 0 Å². The number of nitrogens with one attached hydrogen (secondary N) is 1. The Balaban J connectivity index is 1.44. The van der Waals surface area contributed by atoms with E-state index in [9.17, 15) is 0 Å². The number of nitrogens with zero attached hydrogens (tertiary/aromatic N) is 7. The summed E-state index contributed by atoms with van der Waals surface area (Å²) >= 11 is 1.56. The lowest BCUT2D eigenvalue weighted by Gasteiger charge is -2.23. The van der Waals surface area contributed by atoms with Crippen LogP contribution in [0.2, 0.25) is 0 Å². The lowest BCUT2D eigenvalue weighted by atomic mass is 10.1. The smallest absolute Gasteiger partial charge is 0.224 e. The van der Waals surface area contributed by atoms with Crippen molar-refractivity contribution in [2.45, 2.75) is 25.4 Å². The minimum Gasteiger partial charge on any atom is -0.347 e. The van der Waals surface area contributed by atoms with Crippen molar-refractivity contribution in [1.29, 1.82) is 5.26 Å². The highest BCUT2D eigenvalue weighted by atomic mass is 32.1. The fourth-order valence-corrected chi connectivity index (χ4v) is 4.18. The number of rotatable bonds is 6. The zero-order valence-electron chi connectivity index (χ0n) is 16.4. The highest BCUT2D eigenvalue weighted by Crippen LogP contribution is 2.35. The molecule has 0 saturated carbocycles. The fraction of sp³-hybridized carbons (Fsp3) is 0.350. The topological polar surface area (TPSA) is 93.9 Å². The van der Waals surface area contributed by atoms with Crippen LogP contribution in [0.3, 0.4) is 0 Å². The first kappa shape index (κ1) is 19.2. The van der Waals surface area contributed by atoms with E-state index in [1.807, 2.05) is 31.4 Å². The van der Waals surface area contributed by atoms with Gasteiger partial charge in [0.1, 0.15) is 5.82 Å². The molecule has 8 nitrogen and oxygen atoms in total. The van der Waals surface area contributed by atoms with Gasteiger partial charge in [-0.25, -0.2) is 19.9 Å². The molecule has 9 heteroatoms. The molecule has 1 fully saturated rings. The van der Waals surface area contributed by atoms with Crippen molar-refractivity contribution in [3.63, 3.8) is 0 Å². The van der Waals surface area contributed by atoms with Crippen molar-refractivity contribution in [2.24, 2.45) is 0 Å². The van der Waals surface area contributed by atoms with Gasteiger partial charge in [0.25, 0.3) is 0 Å². The summed E-state index contributed by atoms with van der Waals surface area (Å²) < 4.78 is 0. The number of hydrogen-bond donors (Lipinski definition) is 1. The van der Waals surface area contributed by atoms with Crippen molar-refractivity contribution in [2.75, 3.05) is 30.9 Å². The molecule has 0 amide bonds. The second kappa shape index (κ2) is 8.51. The Bertz CT molecular complexity index is 1010. The van der Waals surface area contributed by atoms with Gasteiger partial charge in [-0.1, -0.05) is 0 Å². The highest BCUT2D eigenvalue weighted by Gasteiger charge is 2.28. The molecule has 0 aliphatic carbocycles. The maximum absolute atomic E-state index is 9.03. The molecular formula is C20H22N8S. The summed E-state index contributed by atoms with van der Waals surface area (Å²) in [7, 11) is 3.87. The van der Waals surface area contributed by atoms with E-state index in [-0.39, 0.29) is 6.04 Å². The number of pyridine rings is 1. The van der Waals surface area contributed by atoms with Gasteiger partial charge >= 0.3 is 0 Å². The minimum atomic E-state index is 0.286. The fourth-order valence-electron chi connectivity index (χ4n) is 3.42. The van der Waals surface area contributed by atoms with E-state index in [2.05, 4.69) is 36.6 Å². The second-order valence-corrected chi connectivity index (χ2v) is 8.02. The molecule has 1 aliphatic rings. The van der Waals surface area contributed by atoms with E-state index in [0.717, 1.165) is 48.3 Å². The number of likely N-dealkylation sites (tertiary alicyclic amines) is 1. The number of hydrogen-bond acceptors (Lipinski definition) is 9. The Morgan fingerprint density at radius 3 is 2.90 bits per heavy atom. The third kappa shape index (κ3) is 4.50. The molecule has 4 rings (SSSR count). The number of anilines is 3. The Morgan fingerprint density at radius 2 is 2.14 bits per heavy atom. The van der Waals surface area contributed by atoms with Crippen LogP contribution in [0.1, 0.15) is 35.7 Å². The van der Waals surface area contributed by atoms with E-state index >= 15 is 0 Å². The first-order valence-electron chi connectivity index (χ1n) is 9.43. The minimum absolute atomic E-state index is 0.286. The maximum atomic E-state index is 9.03. The van der Waals surface area contributed by atoms with Gasteiger partial charge in [0.05, 0.1) is 23.4 Å². The molecule has 1 saturated heterocycles. The summed E-state index contributed by atoms with van der Waals surface area (Å²) in [5.74, 6) is 1.35. The van der Waals surface area contributed by atoms with Gasteiger partial charge < -0.3 is 10.2 Å². The second-order valence-electron chi connectivity index (χ2n) is 7.16. The van der Waals surface area contributed by atoms with Crippen LogP contribution in [-0.2, 0) is 6.54 Å². The van der Waals surface area contributed by atoms with Gasteiger partial charge in [-0.15, -0.1) is 11.3 Å². The summed E-state index contributed by atoms with van der Waals surface area (Å²) in [6.45, 7) is 1.84. The molecule has 3 aromatic heterocycles. The van der Waals surface area contributed by atoms with Crippen LogP contribution < -0.4 is 10.2 Å². The Kier molecular flexibility index (Phi) is 5.64. The third-order valence-corrected chi connectivity index (χ3v) is 5.60. The third-order valence-electron chi connectivity index (χ3n) is 4.83. The number of aromatic nitrogens is 4. The van der Waals surface area contributed by atoms with Gasteiger partial charge in [-0.05, 0) is 31.5 Å². The monoisotopic (exact) mass is 406 g/mol. The number of thiazole rings is 1. The van der Waals surface area contributed by atoms with Crippen LogP contribution >= 0.6 is 11.3 Å². The van der Waals surface area contributed by atoms with Gasteiger partial charge in [0.2, 0.25) is 5.95 Å². The molecule has 1 atom stereocenters. The molecule has 3 aromatic rings. The average Bonchev–Trinajstić information content (AvgIpc) is 3.38. The Hall–Kier alpha value is -3.09. The zero-order chi connectivity index (χ0) is 20.2. The van der Waals surface area contributed by atoms with E-state index in [1.54, 1.807) is 29.7 Å². The van der Waals surface area contributed by atoms with Crippen LogP contribution in [0.25, 0.3) is 0 Å². The first-order valence-corrected chi connectivity index (χ1v) is 10.3. The van der Waals surface area contributed by atoms with Crippen LogP contribution in [0.4, 0.5) is 16.9 Å². The molecule has 0 spiro atoms. The summed E-state index contributed by atoms with van der Waals surface area (Å²) in [6.07, 6.45) is 7.66. The van der Waals surface area contributed by atoms with Crippen molar-refractivity contribution >= 4 is 28.2 Å². The van der Waals surface area contributed by atoms with Crippen LogP contribution in [0.15, 0.2) is 36.1 Å². The van der Waals surface area contributed by atoms with Gasteiger partial charge in [-0.2, -0.15) is 5.26 Å². The van der Waals surface area contributed by atoms with E-state index in [1.165, 1.54) is 0 Å². The van der Waals surface area contributed by atoms with Crippen molar-refractivity contribution in [1.82, 2.24) is 24.8 Å². The van der Waals surface area contributed by atoms with E-state index < -0.39 is 0 Å². The van der Waals surface area contributed by atoms with Crippen molar-refractivity contribution in [3.05, 3.63) is 52.9 Å². The Morgan fingerprint density at radius 1 is 1.31 bits per heavy atom. The lowest BCUT2D eigenvalue weighted by Crippen LogP contribution is -2.23. The van der Waals surface area contributed by atoms with E-state index in [0.29, 0.717) is 11.4 Å². The summed E-state index contributed by atoms with van der Waals surface area (Å²) in [5, 5.41) is 15.1. The summed E-state index contributed by atoms with van der Waals surface area (Å²) in [6, 6.07) is 5.82. The molecule has 29 heavy (non-hydrogen) atoms. The van der Waals surface area contributed by atoms with E-state index in [4.69, 9.17) is 10.2 Å². The predicted octanol–water partition coefficient (Wildman–Crippen LogP) is 3.35. The van der Waals surface area contributed by atoms with Gasteiger partial charge in [0, 0.05) is 50.2 Å². The lowest BCUT2D eigenvalue weighted by molar-refractivity contribution is 0.244. The van der Waals surface area contributed by atoms with Crippen LogP contribution in [-0.4, -0.2) is 45.5 Å². The number of nitriles is 1. The molecular weight excluding hydrogens is 384 g/mol. The summed E-state index contributed by atoms with van der Waals surface area (Å²) in [4.78, 5) is 22.2. The standard InChI is InChI=1S/C20H22N8S/c1-27(2)19-23-10-15(11-24-19)12-28-7-3-4-17(28)16-13-29-20(25-16)26-18-8-14(9-21)5-6-22-18/h5-6,8,10-11,13,17H,3-4,7,12H2,1-2H3,(H,22,25,26). The SMILES string of the molecule is CN(C)c1ncc(CN2CCCC2c2csc(Nc3cc(C#N)ccn3)n2)cn1. The maximum Gasteiger partial charge on any atom is 0.224 e. The molecule has 0 bridgehead atoms. The largest absolute Gasteiger partial charge is 0.347 e. The molecule has 1 unspecified atom stereocenters. The molecule has 1 N–H and O–H groups in total. The Labute approximate surface area is 173 Å². The van der Waals surface area contributed by atoms with Crippen molar-refractivity contribution < 1.29 is 0 Å². The molecule has 0 aromatic carbocycles. The predicted molar refractivity (Wildman–Crippen MR) is 113 cm³/mol. The zero-order valence-corrected chi connectivity index (χ0v) is 17.2. The van der Waals surface area contributed by atoms with Gasteiger partial charge in [-0.3, -0.25) is 4.90 Å². The highest BCUT2D eigenvalue weighted by molar-refractivity contribution is 7.13. The quantitative estimate of drug-likeness (QED) is 0.666. The molecule has 0 radical (unpaired) electrons. The average molecular weight is 407 g/mol. The molecule has 148 valence electrons. The normalized spacial score (nSPS) is 16.5. The van der Waals surface area contributed by atoms with Crippen LogP contribution in [0, 0.1) is 11.3 Å².